The van der Waals surface area contributed by atoms with Crippen LogP contribution in [0.25, 0.3) is 0 Å². The first kappa shape index (κ1) is 21.2. The van der Waals surface area contributed by atoms with Crippen molar-refractivity contribution < 1.29 is 22.9 Å². The van der Waals surface area contributed by atoms with Gasteiger partial charge in [0.15, 0.2) is 6.54 Å². The molecule has 0 spiro atoms. The van der Waals surface area contributed by atoms with Crippen molar-refractivity contribution in [2.45, 2.75) is 55.9 Å². The maximum atomic E-state index is 13.9. The molecule has 6 nitrogen and oxygen atoms in total. The summed E-state index contributed by atoms with van der Waals surface area (Å²) in [7, 11) is -3.87. The highest BCUT2D eigenvalue weighted by atomic mass is 32.2. The van der Waals surface area contributed by atoms with Gasteiger partial charge in [0.25, 0.3) is 5.91 Å². The minimum atomic E-state index is -3.87. The Bertz CT molecular complexity index is 756. The summed E-state index contributed by atoms with van der Waals surface area (Å²) in [4.78, 5) is 14.0. The molecule has 1 saturated heterocycles. The van der Waals surface area contributed by atoms with Gasteiger partial charge in [0.05, 0.1) is 6.04 Å². The molecule has 0 radical (unpaired) electrons. The Morgan fingerprint density at radius 3 is 2.25 bits per heavy atom. The minimum absolute atomic E-state index is 0.0602. The molecule has 0 unspecified atom stereocenters. The fraction of sp³-hybridized carbons (Fsp3) is 0.650. The van der Waals surface area contributed by atoms with Crippen LogP contribution in [0.15, 0.2) is 29.2 Å². The van der Waals surface area contributed by atoms with E-state index in [0.717, 1.165) is 6.07 Å². The van der Waals surface area contributed by atoms with Crippen LogP contribution in [-0.4, -0.2) is 62.3 Å². The van der Waals surface area contributed by atoms with Crippen LogP contribution in [0.4, 0.5) is 4.39 Å². The Balaban J connectivity index is 1.49. The summed E-state index contributed by atoms with van der Waals surface area (Å²) >= 11 is 0. The molecule has 1 aromatic carbocycles. The van der Waals surface area contributed by atoms with Crippen LogP contribution in [0.5, 0.6) is 0 Å². The molecule has 1 saturated carbocycles. The molecule has 156 valence electrons. The Kier molecular flexibility index (Phi) is 7.42. The van der Waals surface area contributed by atoms with E-state index in [2.05, 4.69) is 5.32 Å². The van der Waals surface area contributed by atoms with Crippen molar-refractivity contribution in [3.63, 3.8) is 0 Å². The molecule has 1 aliphatic heterocycles. The summed E-state index contributed by atoms with van der Waals surface area (Å²) in [6, 6.07) is 5.94. The lowest BCUT2D eigenvalue weighted by molar-refractivity contribution is -0.681. The second-order valence-corrected chi connectivity index (χ2v) is 9.67. The first-order valence-corrected chi connectivity index (χ1v) is 11.8. The number of benzene rings is 1. The third-order valence-electron chi connectivity index (χ3n) is 5.82. The zero-order valence-electron chi connectivity index (χ0n) is 16.4. The van der Waals surface area contributed by atoms with E-state index in [1.54, 1.807) is 4.90 Å². The van der Waals surface area contributed by atoms with Crippen LogP contribution in [0.2, 0.25) is 0 Å². The van der Waals surface area contributed by atoms with Crippen LogP contribution in [-0.2, 0) is 14.8 Å². The Morgan fingerprint density at radius 2 is 1.61 bits per heavy atom. The number of piperazine rings is 1. The molecule has 2 aliphatic rings. The third kappa shape index (κ3) is 5.30. The molecule has 1 aromatic rings. The van der Waals surface area contributed by atoms with Crippen LogP contribution in [0.3, 0.4) is 0 Å². The second-order valence-electron chi connectivity index (χ2n) is 7.76. The maximum absolute atomic E-state index is 13.9. The Morgan fingerprint density at radius 1 is 1.00 bits per heavy atom. The number of hydrogen-bond acceptors (Lipinski definition) is 3. The number of carbonyl (C=O) groups is 1. The molecular formula is C20H31FN3O3S+. The number of rotatable bonds is 5. The van der Waals surface area contributed by atoms with Crippen LogP contribution >= 0.6 is 0 Å². The number of sulfonamides is 1. The number of amides is 1. The SMILES string of the molecule is O=C(C[NH2+]C1CCCCCCC1)N1CCN(S(=O)(=O)c2ccccc2F)CC1. The zero-order valence-corrected chi connectivity index (χ0v) is 17.2. The maximum Gasteiger partial charge on any atom is 0.277 e. The molecule has 2 N–H and O–H groups in total. The summed E-state index contributed by atoms with van der Waals surface area (Å²) < 4.78 is 40.5. The van der Waals surface area contributed by atoms with Crippen molar-refractivity contribution in [1.29, 1.82) is 0 Å². The van der Waals surface area contributed by atoms with E-state index < -0.39 is 15.8 Å². The predicted octanol–water partition coefficient (Wildman–Crippen LogP) is 1.33. The second kappa shape index (κ2) is 9.80. The van der Waals surface area contributed by atoms with E-state index in [1.165, 1.54) is 67.5 Å². The van der Waals surface area contributed by atoms with E-state index in [-0.39, 0.29) is 23.9 Å². The fourth-order valence-electron chi connectivity index (χ4n) is 4.09. The molecular weight excluding hydrogens is 381 g/mol. The van der Waals surface area contributed by atoms with Gasteiger partial charge < -0.3 is 10.2 Å². The normalized spacial score (nSPS) is 20.5. The van der Waals surface area contributed by atoms with E-state index in [9.17, 15) is 17.6 Å². The van der Waals surface area contributed by atoms with Gasteiger partial charge in [0.1, 0.15) is 10.7 Å². The standard InChI is InChI=1S/C20H30FN3O3S/c21-18-10-6-7-11-19(18)28(26,27)24-14-12-23(13-15-24)20(25)16-22-17-8-4-2-1-3-5-9-17/h6-7,10-11,17,22H,1-5,8-9,12-16H2/p+1. The largest absolute Gasteiger partial charge is 0.336 e. The summed E-state index contributed by atoms with van der Waals surface area (Å²) in [6.45, 7) is 1.53. The van der Waals surface area contributed by atoms with Gasteiger partial charge >= 0.3 is 0 Å². The van der Waals surface area contributed by atoms with Gasteiger partial charge in [0, 0.05) is 26.2 Å². The van der Waals surface area contributed by atoms with Gasteiger partial charge in [-0.1, -0.05) is 31.4 Å². The zero-order chi connectivity index (χ0) is 20.0. The molecule has 28 heavy (non-hydrogen) atoms. The first-order valence-electron chi connectivity index (χ1n) is 10.3. The lowest BCUT2D eigenvalue weighted by Gasteiger charge is -2.34. The summed E-state index contributed by atoms with van der Waals surface area (Å²) in [5.74, 6) is -0.681. The van der Waals surface area contributed by atoms with Gasteiger partial charge in [-0.25, -0.2) is 12.8 Å². The highest BCUT2D eigenvalue weighted by Crippen LogP contribution is 2.20. The first-order chi connectivity index (χ1) is 13.5. The van der Waals surface area contributed by atoms with Gasteiger partial charge in [-0.15, -0.1) is 0 Å². The van der Waals surface area contributed by atoms with Gasteiger partial charge in [0.2, 0.25) is 10.0 Å². The van der Waals surface area contributed by atoms with Crippen molar-refractivity contribution in [2.24, 2.45) is 0 Å². The predicted molar refractivity (Wildman–Crippen MR) is 105 cm³/mol. The monoisotopic (exact) mass is 412 g/mol. The molecule has 0 aromatic heterocycles. The summed E-state index contributed by atoms with van der Waals surface area (Å²) in [6.07, 6.45) is 8.72. The van der Waals surface area contributed by atoms with Crippen molar-refractivity contribution in [3.8, 4) is 0 Å². The smallest absolute Gasteiger partial charge is 0.277 e. The molecule has 3 rings (SSSR count). The lowest BCUT2D eigenvalue weighted by Crippen LogP contribution is -2.92. The molecule has 1 heterocycles. The van der Waals surface area contributed by atoms with E-state index >= 15 is 0 Å². The molecule has 8 heteroatoms. The number of nitrogens with two attached hydrogens (primary N) is 1. The van der Waals surface area contributed by atoms with Crippen molar-refractivity contribution >= 4 is 15.9 Å². The van der Waals surface area contributed by atoms with Crippen LogP contribution in [0.1, 0.15) is 44.9 Å². The number of carbonyl (C=O) groups excluding carboxylic acids is 1. The number of halogens is 1. The molecule has 1 aliphatic carbocycles. The average molecular weight is 413 g/mol. The average Bonchev–Trinajstić information content (AvgIpc) is 2.67. The van der Waals surface area contributed by atoms with Gasteiger partial charge in [-0.05, 0) is 37.8 Å². The van der Waals surface area contributed by atoms with Gasteiger partial charge in [-0.2, -0.15) is 4.31 Å². The summed E-state index contributed by atoms with van der Waals surface area (Å²) in [5.41, 5.74) is 0. The quantitative estimate of drug-likeness (QED) is 0.793. The third-order valence-corrected chi connectivity index (χ3v) is 7.75. The van der Waals surface area contributed by atoms with E-state index in [4.69, 9.17) is 0 Å². The van der Waals surface area contributed by atoms with E-state index in [0.29, 0.717) is 25.7 Å². The number of hydrogen-bond donors (Lipinski definition) is 1. The topological polar surface area (TPSA) is 74.3 Å². The highest BCUT2D eigenvalue weighted by molar-refractivity contribution is 7.89. The van der Waals surface area contributed by atoms with E-state index in [1.807, 2.05) is 0 Å². The molecule has 0 bridgehead atoms. The lowest BCUT2D eigenvalue weighted by atomic mass is 9.97. The molecule has 1 amide bonds. The molecule has 2 fully saturated rings. The van der Waals surface area contributed by atoms with Crippen molar-refractivity contribution in [2.75, 3.05) is 32.7 Å². The Labute approximate surface area is 167 Å². The number of quaternary nitrogens is 1. The highest BCUT2D eigenvalue weighted by Gasteiger charge is 2.32. The number of nitrogens with zero attached hydrogens (tertiary/aromatic N) is 2. The van der Waals surface area contributed by atoms with Crippen LogP contribution < -0.4 is 5.32 Å². The summed E-state index contributed by atoms with van der Waals surface area (Å²) in [5, 5.41) is 2.16. The fourth-order valence-corrected chi connectivity index (χ4v) is 5.58. The Hall–Kier alpha value is -1.51. The van der Waals surface area contributed by atoms with Gasteiger partial charge in [-0.3, -0.25) is 4.79 Å². The minimum Gasteiger partial charge on any atom is -0.336 e. The van der Waals surface area contributed by atoms with Crippen molar-refractivity contribution in [3.05, 3.63) is 30.1 Å². The molecule has 0 atom stereocenters. The van der Waals surface area contributed by atoms with Crippen molar-refractivity contribution in [1.82, 2.24) is 9.21 Å². The van der Waals surface area contributed by atoms with Crippen LogP contribution in [0, 0.1) is 5.82 Å².